The molecule has 1 rings (SSSR count). The molecule has 1 aliphatic carbocycles. The van der Waals surface area contributed by atoms with Crippen molar-refractivity contribution in [3.63, 3.8) is 0 Å². The summed E-state index contributed by atoms with van der Waals surface area (Å²) in [7, 11) is 0. The van der Waals surface area contributed by atoms with E-state index in [0.717, 1.165) is 19.2 Å². The number of nitrogens with one attached hydrogen (secondary N) is 1. The van der Waals surface area contributed by atoms with Crippen LogP contribution in [0.1, 0.15) is 25.7 Å². The second-order valence-corrected chi connectivity index (χ2v) is 2.60. The minimum atomic E-state index is 0.171. The molecule has 7 nitrogen and oxygen atoms in total. The second-order valence-electron chi connectivity index (χ2n) is 2.60. The fraction of sp³-hybridized carbons (Fsp3) is 0.833. The monoisotopic (exact) mass is 185 g/mol. The molecule has 0 aromatic rings. The van der Waals surface area contributed by atoms with Gasteiger partial charge in [0.25, 0.3) is 0 Å². The molecule has 0 atom stereocenters. The third-order valence-electron chi connectivity index (χ3n) is 1.72. The van der Waals surface area contributed by atoms with E-state index >= 15 is 0 Å². The van der Waals surface area contributed by atoms with Gasteiger partial charge in [-0.1, -0.05) is 17.9 Å². The lowest BCUT2D eigenvalue weighted by Gasteiger charge is -2.05. The molecule has 1 saturated carbocycles. The molecule has 72 valence electrons. The summed E-state index contributed by atoms with van der Waals surface area (Å²) in [4.78, 5) is 9.57. The van der Waals surface area contributed by atoms with E-state index in [9.17, 15) is 0 Å². The van der Waals surface area contributed by atoms with E-state index in [2.05, 4.69) is 25.7 Å². The van der Waals surface area contributed by atoms with Crippen LogP contribution in [0.15, 0.2) is 20.8 Å². The van der Waals surface area contributed by atoms with Crippen LogP contribution in [-0.4, -0.2) is 12.5 Å². The van der Waals surface area contributed by atoms with Crippen LogP contribution in [-0.2, 0) is 9.78 Å². The lowest BCUT2D eigenvalue weighted by Crippen LogP contribution is -2.06. The highest BCUT2D eigenvalue weighted by Crippen LogP contribution is 2.20. The highest BCUT2D eigenvalue weighted by molar-refractivity contribution is 5.44. The molecule has 0 heterocycles. The van der Waals surface area contributed by atoms with Crippen LogP contribution >= 0.6 is 0 Å². The van der Waals surface area contributed by atoms with Crippen molar-refractivity contribution in [3.05, 3.63) is 0 Å². The first-order valence-corrected chi connectivity index (χ1v) is 4.04. The third-order valence-corrected chi connectivity index (χ3v) is 1.72. The van der Waals surface area contributed by atoms with E-state index in [0.29, 0.717) is 0 Å². The van der Waals surface area contributed by atoms with Gasteiger partial charge in [0, 0.05) is 0 Å². The molecule has 0 aromatic heterocycles. The van der Waals surface area contributed by atoms with Crippen molar-refractivity contribution in [2.45, 2.75) is 31.8 Å². The molecule has 7 heteroatoms. The van der Waals surface area contributed by atoms with Gasteiger partial charge in [0.15, 0.2) is 0 Å². The lowest BCUT2D eigenvalue weighted by atomic mass is 10.3. The molecule has 0 amide bonds. The van der Waals surface area contributed by atoms with Crippen LogP contribution in [0.5, 0.6) is 0 Å². The summed E-state index contributed by atoms with van der Waals surface area (Å²) >= 11 is 0. The normalized spacial score (nSPS) is 18.8. The number of hydrogen-bond acceptors (Lipinski definition) is 4. The van der Waals surface area contributed by atoms with Crippen molar-refractivity contribution in [1.29, 1.82) is 5.53 Å². The predicted octanol–water partition coefficient (Wildman–Crippen LogP) is 2.22. The molecule has 1 N–H and O–H groups in total. The van der Waals surface area contributed by atoms with E-state index in [-0.39, 0.29) is 6.10 Å². The molecule has 0 radical (unpaired) electrons. The SMILES string of the molecule is N=N/N=N/N=C/OOC1CCCC1. The largest absolute Gasteiger partial charge is 0.323 e. The second kappa shape index (κ2) is 6.18. The smallest absolute Gasteiger partial charge is 0.241 e. The third kappa shape index (κ3) is 4.26. The Bertz CT molecular complexity index is 199. The average molecular weight is 185 g/mol. The summed E-state index contributed by atoms with van der Waals surface area (Å²) in [6.45, 7) is 0. The van der Waals surface area contributed by atoms with Crippen LogP contribution in [0.25, 0.3) is 0 Å². The molecular weight excluding hydrogens is 174 g/mol. The highest BCUT2D eigenvalue weighted by atomic mass is 17.2. The highest BCUT2D eigenvalue weighted by Gasteiger charge is 2.16. The van der Waals surface area contributed by atoms with Crippen molar-refractivity contribution in [2.24, 2.45) is 20.8 Å². The summed E-state index contributed by atoms with van der Waals surface area (Å²) in [5, 5.41) is 11.9. The Labute approximate surface area is 75.2 Å². The van der Waals surface area contributed by atoms with Gasteiger partial charge < -0.3 is 4.89 Å². The van der Waals surface area contributed by atoms with Gasteiger partial charge in [-0.15, -0.1) is 0 Å². The maximum absolute atomic E-state index is 6.24. The summed E-state index contributed by atoms with van der Waals surface area (Å²) in [6, 6.07) is 0. The molecule has 0 aromatic carbocycles. The van der Waals surface area contributed by atoms with Gasteiger partial charge in [-0.05, 0) is 28.5 Å². The Balaban J connectivity index is 2.02. The van der Waals surface area contributed by atoms with Crippen LogP contribution in [0.2, 0.25) is 0 Å². The van der Waals surface area contributed by atoms with Crippen molar-refractivity contribution in [2.75, 3.05) is 0 Å². The topological polar surface area (TPSA) is 91.8 Å². The Morgan fingerprint density at radius 2 is 2.00 bits per heavy atom. The zero-order chi connectivity index (χ0) is 9.36. The van der Waals surface area contributed by atoms with Gasteiger partial charge in [-0.25, -0.2) is 0 Å². The van der Waals surface area contributed by atoms with E-state index < -0.39 is 0 Å². The van der Waals surface area contributed by atoms with Gasteiger partial charge in [0.05, 0.1) is 0 Å². The van der Waals surface area contributed by atoms with Crippen LogP contribution < -0.4 is 0 Å². The van der Waals surface area contributed by atoms with Gasteiger partial charge in [-0.2, -0.15) is 10.4 Å². The van der Waals surface area contributed by atoms with Gasteiger partial charge in [0.1, 0.15) is 6.10 Å². The quantitative estimate of drug-likeness (QED) is 0.234. The van der Waals surface area contributed by atoms with E-state index in [1.165, 1.54) is 12.8 Å². The van der Waals surface area contributed by atoms with Crippen LogP contribution in [0.4, 0.5) is 0 Å². The molecular formula is C6H11N5O2. The number of rotatable bonds is 5. The Kier molecular flexibility index (Phi) is 4.62. The van der Waals surface area contributed by atoms with Gasteiger partial charge in [-0.3, -0.25) is 0 Å². The summed E-state index contributed by atoms with van der Waals surface area (Å²) < 4.78 is 0. The fourth-order valence-corrected chi connectivity index (χ4v) is 1.17. The Morgan fingerprint density at radius 1 is 1.23 bits per heavy atom. The molecule has 0 aliphatic heterocycles. The number of nitrogens with zero attached hydrogens (tertiary/aromatic N) is 4. The zero-order valence-electron chi connectivity index (χ0n) is 7.09. The van der Waals surface area contributed by atoms with Crippen molar-refractivity contribution >= 4 is 6.40 Å². The summed E-state index contributed by atoms with van der Waals surface area (Å²) in [5.41, 5.74) is 6.24. The first-order chi connectivity index (χ1) is 6.43. The molecule has 0 saturated heterocycles. The number of hydrogen-bond donors (Lipinski definition) is 1. The van der Waals surface area contributed by atoms with Crippen LogP contribution in [0, 0.1) is 5.53 Å². The minimum Gasteiger partial charge on any atom is -0.323 e. The van der Waals surface area contributed by atoms with E-state index in [4.69, 9.17) is 10.4 Å². The molecule has 1 aliphatic rings. The molecule has 0 unspecified atom stereocenters. The molecule has 1 fully saturated rings. The molecule has 0 spiro atoms. The Morgan fingerprint density at radius 3 is 2.69 bits per heavy atom. The predicted molar refractivity (Wildman–Crippen MR) is 42.9 cm³/mol. The molecule has 0 bridgehead atoms. The average Bonchev–Trinajstić information content (AvgIpc) is 2.63. The van der Waals surface area contributed by atoms with Crippen molar-refractivity contribution in [1.82, 2.24) is 0 Å². The summed E-state index contributed by atoms with van der Waals surface area (Å²) in [5.74, 6) is 0. The Hall–Kier alpha value is -1.37. The zero-order valence-corrected chi connectivity index (χ0v) is 7.09. The van der Waals surface area contributed by atoms with Crippen molar-refractivity contribution < 1.29 is 9.78 Å². The first-order valence-electron chi connectivity index (χ1n) is 4.04. The lowest BCUT2D eigenvalue weighted by molar-refractivity contribution is -0.251. The van der Waals surface area contributed by atoms with Crippen LogP contribution in [0.3, 0.4) is 0 Å². The van der Waals surface area contributed by atoms with Gasteiger partial charge >= 0.3 is 0 Å². The molecule has 13 heavy (non-hydrogen) atoms. The minimum absolute atomic E-state index is 0.171. The van der Waals surface area contributed by atoms with E-state index in [1.54, 1.807) is 0 Å². The van der Waals surface area contributed by atoms with E-state index in [1.807, 2.05) is 0 Å². The van der Waals surface area contributed by atoms with Gasteiger partial charge in [0.2, 0.25) is 6.40 Å². The first kappa shape index (κ1) is 9.72. The summed E-state index contributed by atoms with van der Waals surface area (Å²) in [6.07, 6.45) is 5.61. The maximum Gasteiger partial charge on any atom is 0.241 e. The van der Waals surface area contributed by atoms with Crippen molar-refractivity contribution in [3.8, 4) is 0 Å². The maximum atomic E-state index is 6.24. The fourth-order valence-electron chi connectivity index (χ4n) is 1.17. The standard InChI is InChI=1S/C6H11N5O2/c7-9-11-10-8-5-12-13-6-3-1-2-4-6/h5-7H,1-4H2/b8-5+,9-7?,11-10+.